The number of rotatable bonds is 6. The second-order valence-corrected chi connectivity index (χ2v) is 3.48. The van der Waals surface area contributed by atoms with Crippen LogP contribution in [0.1, 0.15) is 32.6 Å². The molecule has 0 bridgehead atoms. The third kappa shape index (κ3) is 3.77. The Balaban J connectivity index is 2.25. The van der Waals surface area contributed by atoms with Crippen LogP contribution in [0.5, 0.6) is 0 Å². The smallest absolute Gasteiger partial charge is 0.0687 e. The average Bonchev–Trinajstić information content (AvgIpc) is 2.25. The molecule has 0 N–H and O–H groups in total. The van der Waals surface area contributed by atoms with Crippen molar-refractivity contribution in [1.82, 2.24) is 0 Å². The van der Waals surface area contributed by atoms with Crippen LogP contribution in [0.2, 0.25) is 0 Å². The van der Waals surface area contributed by atoms with E-state index in [0.29, 0.717) is 12.2 Å². The van der Waals surface area contributed by atoms with Gasteiger partial charge in [-0.2, -0.15) is 0 Å². The van der Waals surface area contributed by atoms with Gasteiger partial charge in [-0.25, -0.2) is 5.12 Å². The van der Waals surface area contributed by atoms with E-state index in [0.717, 1.165) is 18.0 Å². The van der Waals surface area contributed by atoms with E-state index in [1.807, 2.05) is 18.2 Å². The van der Waals surface area contributed by atoms with Crippen molar-refractivity contribution in [3.63, 3.8) is 0 Å². The SMILES string of the molecule is CCCCCCN(F)c1ccccc1. The summed E-state index contributed by atoms with van der Waals surface area (Å²) in [7, 11) is 0. The third-order valence-corrected chi connectivity index (χ3v) is 2.24. The minimum atomic E-state index is 0.504. The monoisotopic (exact) mass is 195 g/mol. The average molecular weight is 195 g/mol. The minimum Gasteiger partial charge on any atom is -0.212 e. The van der Waals surface area contributed by atoms with E-state index in [-0.39, 0.29) is 0 Å². The van der Waals surface area contributed by atoms with Crippen LogP contribution in [0.3, 0.4) is 0 Å². The molecule has 0 heterocycles. The molecule has 0 amide bonds. The first-order valence-corrected chi connectivity index (χ1v) is 5.33. The van der Waals surface area contributed by atoms with Gasteiger partial charge in [-0.15, -0.1) is 0 Å². The van der Waals surface area contributed by atoms with Crippen LogP contribution >= 0.6 is 0 Å². The van der Waals surface area contributed by atoms with Gasteiger partial charge in [0.15, 0.2) is 0 Å². The van der Waals surface area contributed by atoms with Gasteiger partial charge in [0.05, 0.1) is 12.2 Å². The van der Waals surface area contributed by atoms with E-state index in [2.05, 4.69) is 6.92 Å². The number of anilines is 1. The lowest BCUT2D eigenvalue weighted by Gasteiger charge is -2.12. The van der Waals surface area contributed by atoms with Gasteiger partial charge in [0.25, 0.3) is 0 Å². The molecule has 0 atom stereocenters. The normalized spacial score (nSPS) is 10.1. The molecule has 0 radical (unpaired) electrons. The summed E-state index contributed by atoms with van der Waals surface area (Å²) in [4.78, 5) is 0. The van der Waals surface area contributed by atoms with Gasteiger partial charge in [0.2, 0.25) is 0 Å². The maximum absolute atomic E-state index is 13.4. The van der Waals surface area contributed by atoms with Crippen molar-refractivity contribution in [2.45, 2.75) is 32.6 Å². The van der Waals surface area contributed by atoms with Crippen molar-refractivity contribution in [2.24, 2.45) is 0 Å². The van der Waals surface area contributed by atoms with Crippen LogP contribution in [-0.2, 0) is 0 Å². The van der Waals surface area contributed by atoms with E-state index in [1.54, 1.807) is 12.1 Å². The van der Waals surface area contributed by atoms with Crippen molar-refractivity contribution in [3.8, 4) is 0 Å². The second kappa shape index (κ2) is 6.41. The molecule has 1 aromatic rings. The summed E-state index contributed by atoms with van der Waals surface area (Å²) in [6.45, 7) is 2.66. The number of para-hydroxylation sites is 1. The molecule has 1 nitrogen and oxygen atoms in total. The zero-order valence-electron chi connectivity index (χ0n) is 8.75. The fourth-order valence-electron chi connectivity index (χ4n) is 1.40. The van der Waals surface area contributed by atoms with E-state index in [1.165, 1.54) is 12.8 Å². The van der Waals surface area contributed by atoms with Crippen LogP contribution in [0.15, 0.2) is 30.3 Å². The number of benzene rings is 1. The minimum absolute atomic E-state index is 0.504. The number of unbranched alkanes of at least 4 members (excludes halogenated alkanes) is 3. The zero-order chi connectivity index (χ0) is 10.2. The van der Waals surface area contributed by atoms with Crippen LogP contribution in [0.4, 0.5) is 10.2 Å². The highest BCUT2D eigenvalue weighted by Gasteiger charge is 2.02. The Bertz CT molecular complexity index is 235. The standard InChI is InChI=1S/C12H18FN/c1-2-3-4-8-11-14(13)12-9-6-5-7-10-12/h5-7,9-10H,2-4,8,11H2,1H3. The maximum atomic E-state index is 13.4. The van der Waals surface area contributed by atoms with Crippen molar-refractivity contribution < 1.29 is 4.48 Å². The molecule has 0 aliphatic heterocycles. The lowest BCUT2D eigenvalue weighted by Crippen LogP contribution is -2.12. The summed E-state index contributed by atoms with van der Waals surface area (Å²) >= 11 is 0. The highest BCUT2D eigenvalue weighted by Crippen LogP contribution is 2.14. The zero-order valence-corrected chi connectivity index (χ0v) is 8.75. The van der Waals surface area contributed by atoms with E-state index >= 15 is 0 Å². The van der Waals surface area contributed by atoms with E-state index in [4.69, 9.17) is 0 Å². The fraction of sp³-hybridized carbons (Fsp3) is 0.500. The van der Waals surface area contributed by atoms with Crippen LogP contribution < -0.4 is 5.12 Å². The summed E-state index contributed by atoms with van der Waals surface area (Å²) in [5.74, 6) is 0. The lowest BCUT2D eigenvalue weighted by molar-refractivity contribution is 0.422. The second-order valence-electron chi connectivity index (χ2n) is 3.48. The van der Waals surface area contributed by atoms with Crippen molar-refractivity contribution in [3.05, 3.63) is 30.3 Å². The Morgan fingerprint density at radius 3 is 2.43 bits per heavy atom. The molecule has 1 rings (SSSR count). The summed E-state index contributed by atoms with van der Waals surface area (Å²) in [5, 5.41) is 0.829. The predicted octanol–water partition coefficient (Wildman–Crippen LogP) is 3.96. The molecular weight excluding hydrogens is 177 g/mol. The molecule has 0 spiro atoms. The molecule has 0 saturated carbocycles. The molecule has 0 fully saturated rings. The topological polar surface area (TPSA) is 3.24 Å². The number of halogens is 1. The van der Waals surface area contributed by atoms with Gasteiger partial charge >= 0.3 is 0 Å². The van der Waals surface area contributed by atoms with Crippen LogP contribution in [0.25, 0.3) is 0 Å². The Hall–Kier alpha value is -1.05. The summed E-state index contributed by atoms with van der Waals surface area (Å²) in [6, 6.07) is 9.19. The molecule has 78 valence electrons. The molecule has 0 unspecified atom stereocenters. The van der Waals surface area contributed by atoms with Gasteiger partial charge in [-0.1, -0.05) is 48.9 Å². The van der Waals surface area contributed by atoms with Gasteiger partial charge in [0.1, 0.15) is 0 Å². The first kappa shape index (κ1) is 11.0. The van der Waals surface area contributed by atoms with Gasteiger partial charge in [-0.3, -0.25) is 0 Å². The predicted molar refractivity (Wildman–Crippen MR) is 59.0 cm³/mol. The molecular formula is C12H18FN. The first-order chi connectivity index (χ1) is 6.84. The Kier molecular flexibility index (Phi) is 5.05. The summed E-state index contributed by atoms with van der Waals surface area (Å²) < 4.78 is 13.4. The lowest BCUT2D eigenvalue weighted by atomic mass is 10.2. The molecule has 2 heteroatoms. The van der Waals surface area contributed by atoms with Gasteiger partial charge < -0.3 is 0 Å². The van der Waals surface area contributed by atoms with Gasteiger partial charge in [0, 0.05) is 0 Å². The van der Waals surface area contributed by atoms with E-state index < -0.39 is 0 Å². The first-order valence-electron chi connectivity index (χ1n) is 5.33. The Labute approximate surface area is 85.5 Å². The highest BCUT2D eigenvalue weighted by atomic mass is 19.2. The molecule has 0 saturated heterocycles. The Morgan fingerprint density at radius 1 is 1.07 bits per heavy atom. The van der Waals surface area contributed by atoms with E-state index in [9.17, 15) is 4.48 Å². The quantitative estimate of drug-likeness (QED) is 0.490. The highest BCUT2D eigenvalue weighted by molar-refractivity contribution is 5.42. The van der Waals surface area contributed by atoms with Crippen LogP contribution in [-0.4, -0.2) is 6.54 Å². The number of hydrogen-bond acceptors (Lipinski definition) is 1. The van der Waals surface area contributed by atoms with Crippen molar-refractivity contribution in [1.29, 1.82) is 0 Å². The largest absolute Gasteiger partial charge is 0.212 e. The Morgan fingerprint density at radius 2 is 1.79 bits per heavy atom. The fourth-order valence-corrected chi connectivity index (χ4v) is 1.40. The molecule has 0 aliphatic rings. The maximum Gasteiger partial charge on any atom is 0.0687 e. The number of nitrogens with zero attached hydrogens (tertiary/aromatic N) is 1. The van der Waals surface area contributed by atoms with Crippen LogP contribution in [0, 0.1) is 0 Å². The van der Waals surface area contributed by atoms with Crippen molar-refractivity contribution in [2.75, 3.05) is 11.7 Å². The number of hydrogen-bond donors (Lipinski definition) is 0. The van der Waals surface area contributed by atoms with Gasteiger partial charge in [-0.05, 0) is 18.6 Å². The summed E-state index contributed by atoms with van der Waals surface area (Å²) in [5.41, 5.74) is 0.656. The molecule has 0 aromatic heterocycles. The summed E-state index contributed by atoms with van der Waals surface area (Å²) in [6.07, 6.45) is 4.43. The molecule has 0 aliphatic carbocycles. The molecule has 14 heavy (non-hydrogen) atoms. The third-order valence-electron chi connectivity index (χ3n) is 2.24. The molecule has 1 aromatic carbocycles. The van der Waals surface area contributed by atoms with Crippen molar-refractivity contribution >= 4 is 5.69 Å².